The summed E-state index contributed by atoms with van der Waals surface area (Å²) in [4.78, 5) is 2.22. The summed E-state index contributed by atoms with van der Waals surface area (Å²) in [7, 11) is 0. The molecular formula is C14H19BrFNO. The monoisotopic (exact) mass is 315 g/mol. The average Bonchev–Trinajstić information content (AvgIpc) is 2.36. The number of nitrogens with zero attached hydrogens (tertiary/aromatic N) is 1. The summed E-state index contributed by atoms with van der Waals surface area (Å²) in [6, 6.07) is 4.27. The van der Waals surface area contributed by atoms with Crippen molar-refractivity contribution in [2.24, 2.45) is 0 Å². The summed E-state index contributed by atoms with van der Waals surface area (Å²) in [6.45, 7) is 4.92. The van der Waals surface area contributed by atoms with Crippen LogP contribution in [0.25, 0.3) is 0 Å². The number of aliphatic hydroxyl groups is 1. The molecule has 0 spiro atoms. The zero-order valence-electron chi connectivity index (χ0n) is 10.8. The maximum atomic E-state index is 12.7. The van der Waals surface area contributed by atoms with Crippen LogP contribution in [0, 0.1) is 13.8 Å². The van der Waals surface area contributed by atoms with Gasteiger partial charge in [0.1, 0.15) is 6.67 Å². The van der Waals surface area contributed by atoms with Gasteiger partial charge in [0.2, 0.25) is 0 Å². The van der Waals surface area contributed by atoms with E-state index in [1.807, 2.05) is 0 Å². The van der Waals surface area contributed by atoms with Crippen molar-refractivity contribution in [3.63, 3.8) is 0 Å². The molecule has 1 N–H and O–H groups in total. The van der Waals surface area contributed by atoms with Crippen LogP contribution < -0.4 is 4.90 Å². The Labute approximate surface area is 116 Å². The third kappa shape index (κ3) is 2.69. The SMILES string of the molecule is Cc1cc(N2CCC(O)(CF)CC2)cc(C)c1Br. The number of anilines is 1. The maximum absolute atomic E-state index is 12.7. The topological polar surface area (TPSA) is 23.5 Å². The molecule has 0 atom stereocenters. The van der Waals surface area contributed by atoms with Gasteiger partial charge in [-0.3, -0.25) is 0 Å². The number of alkyl halides is 1. The second-order valence-electron chi connectivity index (χ2n) is 5.24. The first-order valence-corrected chi connectivity index (χ1v) is 7.04. The van der Waals surface area contributed by atoms with Crippen molar-refractivity contribution < 1.29 is 9.50 Å². The number of aryl methyl sites for hydroxylation is 2. The van der Waals surface area contributed by atoms with E-state index < -0.39 is 12.3 Å². The van der Waals surface area contributed by atoms with E-state index in [4.69, 9.17) is 0 Å². The molecule has 2 nitrogen and oxygen atoms in total. The third-order valence-electron chi connectivity index (χ3n) is 3.73. The predicted octanol–water partition coefficient (Wildman–Crippen LogP) is 3.37. The van der Waals surface area contributed by atoms with Gasteiger partial charge in [0.25, 0.3) is 0 Å². The lowest BCUT2D eigenvalue weighted by atomic mass is 9.92. The Bertz CT molecular complexity index is 418. The lowest BCUT2D eigenvalue weighted by Crippen LogP contribution is -2.45. The van der Waals surface area contributed by atoms with E-state index in [1.165, 1.54) is 11.1 Å². The molecular weight excluding hydrogens is 297 g/mol. The number of benzene rings is 1. The molecule has 1 fully saturated rings. The molecule has 0 amide bonds. The standard InChI is InChI=1S/C14H19BrFNO/c1-10-7-12(8-11(2)13(10)15)17-5-3-14(18,9-16)4-6-17/h7-8,18H,3-6,9H2,1-2H3. The molecule has 1 saturated heterocycles. The molecule has 0 bridgehead atoms. The molecule has 2 rings (SSSR count). The Morgan fingerprint density at radius 2 is 1.78 bits per heavy atom. The highest BCUT2D eigenvalue weighted by Gasteiger charge is 2.32. The molecule has 1 aromatic rings. The largest absolute Gasteiger partial charge is 0.387 e. The van der Waals surface area contributed by atoms with Crippen molar-refractivity contribution >= 4 is 21.6 Å². The normalized spacial score (nSPS) is 19.1. The van der Waals surface area contributed by atoms with E-state index in [-0.39, 0.29) is 0 Å². The molecule has 18 heavy (non-hydrogen) atoms. The molecule has 0 aliphatic carbocycles. The number of rotatable bonds is 2. The van der Waals surface area contributed by atoms with Crippen LogP contribution in [-0.2, 0) is 0 Å². The highest BCUT2D eigenvalue weighted by molar-refractivity contribution is 9.10. The van der Waals surface area contributed by atoms with E-state index in [0.29, 0.717) is 25.9 Å². The Kier molecular flexibility index (Phi) is 3.97. The van der Waals surface area contributed by atoms with Gasteiger partial charge in [0, 0.05) is 23.2 Å². The molecule has 4 heteroatoms. The Balaban J connectivity index is 2.15. The number of hydrogen-bond donors (Lipinski definition) is 1. The molecule has 0 aromatic heterocycles. The van der Waals surface area contributed by atoms with Crippen LogP contribution in [0.5, 0.6) is 0 Å². The van der Waals surface area contributed by atoms with Crippen LogP contribution >= 0.6 is 15.9 Å². The summed E-state index contributed by atoms with van der Waals surface area (Å²) in [5.74, 6) is 0. The minimum atomic E-state index is -1.10. The Morgan fingerprint density at radius 3 is 2.22 bits per heavy atom. The van der Waals surface area contributed by atoms with Gasteiger partial charge in [0.15, 0.2) is 0 Å². The molecule has 0 unspecified atom stereocenters. The summed E-state index contributed by atoms with van der Waals surface area (Å²) in [5, 5.41) is 9.89. The Hall–Kier alpha value is -0.610. The van der Waals surface area contributed by atoms with Crippen molar-refractivity contribution in [2.45, 2.75) is 32.3 Å². The zero-order chi connectivity index (χ0) is 13.3. The lowest BCUT2D eigenvalue weighted by molar-refractivity contribution is -0.00603. The number of piperidine rings is 1. The van der Waals surface area contributed by atoms with Crippen molar-refractivity contribution in [3.8, 4) is 0 Å². The van der Waals surface area contributed by atoms with Crippen molar-refractivity contribution in [1.29, 1.82) is 0 Å². The second-order valence-corrected chi connectivity index (χ2v) is 6.03. The first kappa shape index (κ1) is 13.8. The van der Waals surface area contributed by atoms with E-state index in [0.717, 1.165) is 10.2 Å². The highest BCUT2D eigenvalue weighted by atomic mass is 79.9. The van der Waals surface area contributed by atoms with Gasteiger partial charge < -0.3 is 10.0 Å². The van der Waals surface area contributed by atoms with Gasteiger partial charge in [-0.25, -0.2) is 4.39 Å². The van der Waals surface area contributed by atoms with Gasteiger partial charge in [-0.2, -0.15) is 0 Å². The van der Waals surface area contributed by atoms with E-state index in [9.17, 15) is 9.50 Å². The molecule has 1 aliphatic heterocycles. The van der Waals surface area contributed by atoms with Crippen molar-refractivity contribution in [3.05, 3.63) is 27.7 Å². The predicted molar refractivity (Wildman–Crippen MR) is 76.0 cm³/mol. The zero-order valence-corrected chi connectivity index (χ0v) is 12.4. The van der Waals surface area contributed by atoms with Crippen LogP contribution in [0.3, 0.4) is 0 Å². The van der Waals surface area contributed by atoms with Crippen LogP contribution in [0.15, 0.2) is 16.6 Å². The minimum absolute atomic E-state index is 0.498. The van der Waals surface area contributed by atoms with E-state index >= 15 is 0 Å². The van der Waals surface area contributed by atoms with Gasteiger partial charge in [-0.05, 0) is 49.9 Å². The third-order valence-corrected chi connectivity index (χ3v) is 4.98. The number of halogens is 2. The minimum Gasteiger partial charge on any atom is -0.387 e. The quantitative estimate of drug-likeness (QED) is 0.904. The molecule has 1 heterocycles. The molecule has 1 aromatic carbocycles. The summed E-state index contributed by atoms with van der Waals surface area (Å²) in [6.07, 6.45) is 0.995. The van der Waals surface area contributed by atoms with Gasteiger partial charge in [0.05, 0.1) is 5.60 Å². The molecule has 100 valence electrons. The van der Waals surface area contributed by atoms with Gasteiger partial charge in [-0.1, -0.05) is 15.9 Å². The fourth-order valence-electron chi connectivity index (χ4n) is 2.42. The van der Waals surface area contributed by atoms with Crippen molar-refractivity contribution in [1.82, 2.24) is 0 Å². The van der Waals surface area contributed by atoms with Crippen LogP contribution in [0.2, 0.25) is 0 Å². The molecule has 1 aliphatic rings. The first-order chi connectivity index (χ1) is 8.45. The fraction of sp³-hybridized carbons (Fsp3) is 0.571. The first-order valence-electron chi connectivity index (χ1n) is 6.25. The average molecular weight is 316 g/mol. The lowest BCUT2D eigenvalue weighted by Gasteiger charge is -2.38. The highest BCUT2D eigenvalue weighted by Crippen LogP contribution is 2.31. The summed E-state index contributed by atoms with van der Waals surface area (Å²) in [5.41, 5.74) is 2.47. The van der Waals surface area contributed by atoms with E-state index in [2.05, 4.69) is 46.8 Å². The van der Waals surface area contributed by atoms with Crippen LogP contribution in [0.1, 0.15) is 24.0 Å². The second kappa shape index (κ2) is 5.17. The smallest absolute Gasteiger partial charge is 0.118 e. The van der Waals surface area contributed by atoms with Crippen LogP contribution in [-0.4, -0.2) is 30.5 Å². The van der Waals surface area contributed by atoms with Crippen molar-refractivity contribution in [2.75, 3.05) is 24.7 Å². The molecule has 0 saturated carbocycles. The van der Waals surface area contributed by atoms with Gasteiger partial charge in [-0.15, -0.1) is 0 Å². The Morgan fingerprint density at radius 1 is 1.28 bits per heavy atom. The number of hydrogen-bond acceptors (Lipinski definition) is 2. The molecule has 0 radical (unpaired) electrons. The van der Waals surface area contributed by atoms with Gasteiger partial charge >= 0.3 is 0 Å². The fourth-order valence-corrected chi connectivity index (χ4v) is 2.65. The van der Waals surface area contributed by atoms with E-state index in [1.54, 1.807) is 0 Å². The summed E-state index contributed by atoms with van der Waals surface area (Å²) < 4.78 is 13.8. The summed E-state index contributed by atoms with van der Waals surface area (Å²) >= 11 is 3.56. The maximum Gasteiger partial charge on any atom is 0.118 e. The van der Waals surface area contributed by atoms with Crippen LogP contribution in [0.4, 0.5) is 10.1 Å².